The standard InChI is InChI=1S/C16H22FNO3/c1-21-10-8-16(12-19)7-4-9-18(11-16)15(20)13-5-2-3-6-14(13)17/h2-3,5-6,19H,4,7-12H2,1H3/t16-/m1/s1. The van der Waals surface area contributed by atoms with Gasteiger partial charge in [0.15, 0.2) is 0 Å². The molecule has 1 aromatic carbocycles. The van der Waals surface area contributed by atoms with Crippen molar-refractivity contribution in [3.05, 3.63) is 35.6 Å². The summed E-state index contributed by atoms with van der Waals surface area (Å²) in [6.07, 6.45) is 2.36. The minimum Gasteiger partial charge on any atom is -0.396 e. The van der Waals surface area contributed by atoms with E-state index in [2.05, 4.69) is 0 Å². The summed E-state index contributed by atoms with van der Waals surface area (Å²) < 4.78 is 18.9. The fraction of sp³-hybridized carbons (Fsp3) is 0.562. The molecule has 0 aliphatic carbocycles. The highest BCUT2D eigenvalue weighted by atomic mass is 19.1. The quantitative estimate of drug-likeness (QED) is 0.905. The van der Waals surface area contributed by atoms with Crippen LogP contribution in [0.3, 0.4) is 0 Å². The van der Waals surface area contributed by atoms with Gasteiger partial charge in [-0.15, -0.1) is 0 Å². The Morgan fingerprint density at radius 3 is 2.90 bits per heavy atom. The lowest BCUT2D eigenvalue weighted by Crippen LogP contribution is -2.48. The van der Waals surface area contributed by atoms with Crippen LogP contribution in [0.5, 0.6) is 0 Å². The van der Waals surface area contributed by atoms with Crippen LogP contribution in [0, 0.1) is 11.2 Å². The lowest BCUT2D eigenvalue weighted by Gasteiger charge is -2.41. The molecule has 0 spiro atoms. The summed E-state index contributed by atoms with van der Waals surface area (Å²) in [6, 6.07) is 6.02. The Labute approximate surface area is 124 Å². The molecule has 0 unspecified atom stereocenters. The average Bonchev–Trinajstić information content (AvgIpc) is 2.53. The number of benzene rings is 1. The maximum Gasteiger partial charge on any atom is 0.256 e. The van der Waals surface area contributed by atoms with E-state index in [1.54, 1.807) is 24.1 Å². The Bertz CT molecular complexity index is 494. The van der Waals surface area contributed by atoms with Crippen LogP contribution in [0.15, 0.2) is 24.3 Å². The number of amides is 1. The highest BCUT2D eigenvalue weighted by Crippen LogP contribution is 2.33. The molecule has 0 saturated carbocycles. The second-order valence-electron chi connectivity index (χ2n) is 5.71. The molecular weight excluding hydrogens is 273 g/mol. The predicted octanol–water partition coefficient (Wildman–Crippen LogP) is 2.08. The summed E-state index contributed by atoms with van der Waals surface area (Å²) in [7, 11) is 1.62. The van der Waals surface area contributed by atoms with Gasteiger partial charge in [0.1, 0.15) is 5.82 Å². The number of piperidine rings is 1. The molecule has 1 saturated heterocycles. The molecule has 0 radical (unpaired) electrons. The van der Waals surface area contributed by atoms with Gasteiger partial charge in [0.25, 0.3) is 5.91 Å². The van der Waals surface area contributed by atoms with Gasteiger partial charge in [0.2, 0.25) is 0 Å². The van der Waals surface area contributed by atoms with E-state index in [9.17, 15) is 14.3 Å². The smallest absolute Gasteiger partial charge is 0.256 e. The molecule has 1 N–H and O–H groups in total. The first-order chi connectivity index (χ1) is 10.1. The third kappa shape index (κ3) is 3.60. The second-order valence-corrected chi connectivity index (χ2v) is 5.71. The van der Waals surface area contributed by atoms with Gasteiger partial charge in [0, 0.05) is 32.2 Å². The Hall–Kier alpha value is -1.46. The number of carbonyl (C=O) groups excluding carboxylic acids is 1. The molecule has 0 bridgehead atoms. The number of aliphatic hydroxyl groups is 1. The molecular formula is C16H22FNO3. The third-order valence-corrected chi connectivity index (χ3v) is 4.22. The molecule has 1 aliphatic rings. The van der Waals surface area contributed by atoms with Crippen molar-refractivity contribution in [2.75, 3.05) is 33.4 Å². The minimum absolute atomic E-state index is 0.0113. The monoisotopic (exact) mass is 295 g/mol. The predicted molar refractivity (Wildman–Crippen MR) is 77.5 cm³/mol. The Morgan fingerprint density at radius 2 is 2.24 bits per heavy atom. The van der Waals surface area contributed by atoms with Crippen molar-refractivity contribution >= 4 is 5.91 Å². The van der Waals surface area contributed by atoms with E-state index in [4.69, 9.17) is 4.74 Å². The number of carbonyl (C=O) groups is 1. The average molecular weight is 295 g/mol. The van der Waals surface area contributed by atoms with Crippen molar-refractivity contribution in [3.63, 3.8) is 0 Å². The number of hydrogen-bond acceptors (Lipinski definition) is 3. The lowest BCUT2D eigenvalue weighted by molar-refractivity contribution is 0.00880. The number of aliphatic hydroxyl groups excluding tert-OH is 1. The van der Waals surface area contributed by atoms with Crippen molar-refractivity contribution in [1.82, 2.24) is 4.90 Å². The number of ether oxygens (including phenoxy) is 1. The Balaban J connectivity index is 2.13. The van der Waals surface area contributed by atoms with Gasteiger partial charge in [0.05, 0.1) is 12.2 Å². The normalized spacial score (nSPS) is 22.3. The molecule has 2 rings (SSSR count). The van der Waals surface area contributed by atoms with Crippen molar-refractivity contribution in [1.29, 1.82) is 0 Å². The van der Waals surface area contributed by atoms with Gasteiger partial charge in [-0.2, -0.15) is 0 Å². The number of likely N-dealkylation sites (tertiary alicyclic amines) is 1. The molecule has 1 aliphatic heterocycles. The molecule has 1 heterocycles. The van der Waals surface area contributed by atoms with Crippen molar-refractivity contribution in [2.24, 2.45) is 5.41 Å². The summed E-state index contributed by atoms with van der Waals surface area (Å²) in [5.74, 6) is -0.803. The van der Waals surface area contributed by atoms with Gasteiger partial charge in [-0.3, -0.25) is 4.79 Å². The first-order valence-electron chi connectivity index (χ1n) is 7.25. The number of hydrogen-bond donors (Lipinski definition) is 1. The van der Waals surface area contributed by atoms with Gasteiger partial charge < -0.3 is 14.7 Å². The maximum atomic E-state index is 13.8. The molecule has 5 heteroatoms. The lowest BCUT2D eigenvalue weighted by atomic mass is 9.78. The van der Waals surface area contributed by atoms with Crippen molar-refractivity contribution in [3.8, 4) is 0 Å². The SMILES string of the molecule is COCC[C@]1(CO)CCCN(C(=O)c2ccccc2F)C1. The molecule has 0 aromatic heterocycles. The molecule has 1 aromatic rings. The summed E-state index contributed by atoms with van der Waals surface area (Å²) in [4.78, 5) is 14.1. The molecule has 1 fully saturated rings. The zero-order valence-electron chi connectivity index (χ0n) is 12.3. The van der Waals surface area contributed by atoms with E-state index in [1.165, 1.54) is 12.1 Å². The summed E-state index contributed by atoms with van der Waals surface area (Å²) in [6.45, 7) is 1.60. The van der Waals surface area contributed by atoms with E-state index in [0.29, 0.717) is 26.1 Å². The summed E-state index contributed by atoms with van der Waals surface area (Å²) in [5, 5.41) is 9.73. The summed E-state index contributed by atoms with van der Waals surface area (Å²) >= 11 is 0. The first kappa shape index (κ1) is 15.9. The first-order valence-corrected chi connectivity index (χ1v) is 7.25. The van der Waals surface area contributed by atoms with Crippen LogP contribution in [0.2, 0.25) is 0 Å². The Kier molecular flexibility index (Phi) is 5.31. The van der Waals surface area contributed by atoms with Crippen LogP contribution in [0.25, 0.3) is 0 Å². The molecule has 116 valence electrons. The van der Waals surface area contributed by atoms with Crippen LogP contribution < -0.4 is 0 Å². The fourth-order valence-corrected chi connectivity index (χ4v) is 2.92. The number of nitrogens with zero attached hydrogens (tertiary/aromatic N) is 1. The van der Waals surface area contributed by atoms with E-state index >= 15 is 0 Å². The van der Waals surface area contributed by atoms with E-state index < -0.39 is 5.82 Å². The summed E-state index contributed by atoms with van der Waals surface area (Å²) in [5.41, 5.74) is -0.243. The minimum atomic E-state index is -0.500. The van der Waals surface area contributed by atoms with Crippen molar-refractivity contribution in [2.45, 2.75) is 19.3 Å². The van der Waals surface area contributed by atoms with Crippen LogP contribution in [-0.2, 0) is 4.74 Å². The van der Waals surface area contributed by atoms with E-state index in [1.807, 2.05) is 0 Å². The maximum absolute atomic E-state index is 13.8. The zero-order chi connectivity index (χ0) is 15.3. The number of methoxy groups -OCH3 is 1. The molecule has 21 heavy (non-hydrogen) atoms. The van der Waals surface area contributed by atoms with Gasteiger partial charge in [-0.25, -0.2) is 4.39 Å². The van der Waals surface area contributed by atoms with Crippen LogP contribution in [0.4, 0.5) is 4.39 Å². The van der Waals surface area contributed by atoms with E-state index in [0.717, 1.165) is 12.8 Å². The number of rotatable bonds is 5. The third-order valence-electron chi connectivity index (χ3n) is 4.22. The largest absolute Gasteiger partial charge is 0.396 e. The fourth-order valence-electron chi connectivity index (χ4n) is 2.92. The van der Waals surface area contributed by atoms with Crippen LogP contribution >= 0.6 is 0 Å². The highest BCUT2D eigenvalue weighted by molar-refractivity contribution is 5.94. The topological polar surface area (TPSA) is 49.8 Å². The van der Waals surface area contributed by atoms with E-state index in [-0.39, 0.29) is 23.5 Å². The zero-order valence-corrected chi connectivity index (χ0v) is 12.3. The van der Waals surface area contributed by atoms with Gasteiger partial charge >= 0.3 is 0 Å². The second kappa shape index (κ2) is 7.00. The number of halogens is 1. The Morgan fingerprint density at radius 1 is 1.48 bits per heavy atom. The molecule has 1 amide bonds. The van der Waals surface area contributed by atoms with Gasteiger partial charge in [-0.1, -0.05) is 12.1 Å². The molecule has 1 atom stereocenters. The highest BCUT2D eigenvalue weighted by Gasteiger charge is 2.37. The van der Waals surface area contributed by atoms with Gasteiger partial charge in [-0.05, 0) is 31.4 Å². The van der Waals surface area contributed by atoms with Crippen molar-refractivity contribution < 1.29 is 19.0 Å². The van der Waals surface area contributed by atoms with Crippen LogP contribution in [0.1, 0.15) is 29.6 Å². The van der Waals surface area contributed by atoms with Crippen LogP contribution in [-0.4, -0.2) is 49.3 Å². The molecule has 4 nitrogen and oxygen atoms in total.